The molecule has 0 aromatic heterocycles. The first-order chi connectivity index (χ1) is 12.5. The third-order valence-corrected chi connectivity index (χ3v) is 7.15. The summed E-state index contributed by atoms with van der Waals surface area (Å²) in [6.45, 7) is 0. The van der Waals surface area contributed by atoms with E-state index in [0.717, 1.165) is 30.2 Å². The number of hydrogen-bond acceptors (Lipinski definition) is 2. The molecular formula is C23H32INO2. The Labute approximate surface area is 180 Å². The first-order valence-corrected chi connectivity index (χ1v) is 10.3. The number of halogens is 1. The quantitative estimate of drug-likeness (QED) is 0.372. The number of carbonyl (C=O) groups is 1. The van der Waals surface area contributed by atoms with Gasteiger partial charge in [-0.1, -0.05) is 35.9 Å². The number of nitrogens with zero attached hydrogens (tertiary/aromatic N) is 1. The zero-order valence-corrected chi connectivity index (χ0v) is 18.8. The number of ether oxygens (including phenoxy) is 1. The van der Waals surface area contributed by atoms with Crippen LogP contribution in [0.4, 0.5) is 0 Å². The van der Waals surface area contributed by atoms with Crippen molar-refractivity contribution in [1.29, 1.82) is 0 Å². The van der Waals surface area contributed by atoms with Gasteiger partial charge in [0, 0.05) is 25.7 Å². The first kappa shape index (κ1) is 20.8. The van der Waals surface area contributed by atoms with Crippen LogP contribution in [-0.2, 0) is 9.53 Å². The van der Waals surface area contributed by atoms with Gasteiger partial charge in [0.15, 0.2) is 0 Å². The van der Waals surface area contributed by atoms with Crippen LogP contribution in [0.25, 0.3) is 5.57 Å². The zero-order valence-electron chi connectivity index (χ0n) is 16.6. The summed E-state index contributed by atoms with van der Waals surface area (Å²) >= 11 is 0. The van der Waals surface area contributed by atoms with Crippen molar-refractivity contribution >= 4 is 11.5 Å². The summed E-state index contributed by atoms with van der Waals surface area (Å²) in [5, 5.41) is 0. The van der Waals surface area contributed by atoms with Crippen molar-refractivity contribution in [3.63, 3.8) is 0 Å². The molecule has 2 saturated heterocycles. The number of rotatable bonds is 4. The Balaban J connectivity index is 0.00000210. The molecular weight excluding hydrogens is 449 g/mol. The second kappa shape index (κ2) is 8.64. The molecule has 1 aliphatic carbocycles. The molecule has 3 aliphatic rings. The van der Waals surface area contributed by atoms with Gasteiger partial charge in [0.2, 0.25) is 0 Å². The number of fused-ring (bicyclic) bond motifs is 2. The fraction of sp³-hybridized carbons (Fsp3) is 0.609. The van der Waals surface area contributed by atoms with Crippen LogP contribution in [0, 0.1) is 0 Å². The molecule has 2 unspecified atom stereocenters. The Morgan fingerprint density at radius 2 is 1.67 bits per heavy atom. The van der Waals surface area contributed by atoms with Gasteiger partial charge in [-0.2, -0.15) is 0 Å². The van der Waals surface area contributed by atoms with Crippen LogP contribution >= 0.6 is 0 Å². The Kier molecular flexibility index (Phi) is 6.67. The van der Waals surface area contributed by atoms with Crippen LogP contribution in [-0.4, -0.2) is 42.7 Å². The lowest BCUT2D eigenvalue weighted by molar-refractivity contribution is -0.931. The van der Waals surface area contributed by atoms with Gasteiger partial charge in [-0.25, -0.2) is 0 Å². The lowest BCUT2D eigenvalue weighted by atomic mass is 9.86. The third kappa shape index (κ3) is 4.42. The highest BCUT2D eigenvalue weighted by atomic mass is 127. The lowest BCUT2D eigenvalue weighted by Gasteiger charge is -2.43. The normalized spacial score (nSPS) is 29.2. The highest BCUT2D eigenvalue weighted by molar-refractivity contribution is 5.79. The molecule has 0 spiro atoms. The summed E-state index contributed by atoms with van der Waals surface area (Å²) in [6, 6.07) is 11.9. The maximum absolute atomic E-state index is 12.7. The average Bonchev–Trinajstić information content (AvgIpc) is 2.80. The molecule has 4 heteroatoms. The van der Waals surface area contributed by atoms with Crippen molar-refractivity contribution in [3.05, 3.63) is 41.5 Å². The molecule has 27 heavy (non-hydrogen) atoms. The van der Waals surface area contributed by atoms with E-state index in [4.69, 9.17) is 4.74 Å². The Hall–Kier alpha value is -0.880. The summed E-state index contributed by atoms with van der Waals surface area (Å²) in [5.74, 6) is -0.00747. The summed E-state index contributed by atoms with van der Waals surface area (Å²) in [7, 11) is 4.69. The molecule has 4 rings (SSSR count). The van der Waals surface area contributed by atoms with Crippen molar-refractivity contribution in [2.75, 3.05) is 14.1 Å². The number of carbonyl (C=O) groups excluding carboxylic acids is 1. The summed E-state index contributed by atoms with van der Waals surface area (Å²) in [6.07, 6.45) is 9.82. The SMILES string of the molecule is C[N+]1(C)C2CCC1CC(OC(=O)CC1=C(c3ccccc3)CCCC1)C2.[I-]. The summed E-state index contributed by atoms with van der Waals surface area (Å²) in [5.41, 5.74) is 3.97. The predicted molar refractivity (Wildman–Crippen MR) is 104 cm³/mol. The minimum atomic E-state index is -0.00747. The molecule has 0 radical (unpaired) electrons. The second-order valence-electron chi connectivity index (χ2n) is 8.93. The van der Waals surface area contributed by atoms with E-state index in [1.807, 2.05) is 0 Å². The zero-order chi connectivity index (χ0) is 18.1. The first-order valence-electron chi connectivity index (χ1n) is 10.3. The van der Waals surface area contributed by atoms with Gasteiger partial charge in [-0.05, 0) is 36.8 Å². The van der Waals surface area contributed by atoms with E-state index in [1.54, 1.807) is 0 Å². The molecule has 2 heterocycles. The van der Waals surface area contributed by atoms with Gasteiger partial charge < -0.3 is 33.2 Å². The predicted octanol–water partition coefficient (Wildman–Crippen LogP) is 1.72. The molecule has 2 bridgehead atoms. The van der Waals surface area contributed by atoms with Crippen LogP contribution in [0.1, 0.15) is 63.4 Å². The maximum atomic E-state index is 12.7. The summed E-state index contributed by atoms with van der Waals surface area (Å²) < 4.78 is 7.09. The Morgan fingerprint density at radius 1 is 1.04 bits per heavy atom. The number of esters is 1. The highest BCUT2D eigenvalue weighted by Crippen LogP contribution is 2.41. The van der Waals surface area contributed by atoms with Crippen LogP contribution < -0.4 is 24.0 Å². The van der Waals surface area contributed by atoms with Crippen molar-refractivity contribution in [2.24, 2.45) is 0 Å². The fourth-order valence-electron chi connectivity index (χ4n) is 5.48. The number of piperidine rings is 1. The van der Waals surface area contributed by atoms with Crippen molar-refractivity contribution in [3.8, 4) is 0 Å². The van der Waals surface area contributed by atoms with Crippen molar-refractivity contribution in [2.45, 2.75) is 76.0 Å². The molecule has 0 N–H and O–H groups in total. The van der Waals surface area contributed by atoms with E-state index in [0.29, 0.717) is 18.5 Å². The molecule has 1 aromatic carbocycles. The van der Waals surface area contributed by atoms with E-state index in [-0.39, 0.29) is 36.0 Å². The van der Waals surface area contributed by atoms with Gasteiger partial charge in [0.1, 0.15) is 6.10 Å². The highest BCUT2D eigenvalue weighted by Gasteiger charge is 2.49. The molecule has 2 aliphatic heterocycles. The number of hydrogen-bond donors (Lipinski definition) is 0. The smallest absolute Gasteiger partial charge is 0.310 e. The maximum Gasteiger partial charge on any atom is 0.310 e. The second-order valence-corrected chi connectivity index (χ2v) is 8.93. The Morgan fingerprint density at radius 3 is 2.33 bits per heavy atom. The van der Waals surface area contributed by atoms with Crippen molar-refractivity contribution < 1.29 is 38.0 Å². The van der Waals surface area contributed by atoms with Crippen LogP contribution in [0.15, 0.2) is 35.9 Å². The van der Waals surface area contributed by atoms with E-state index in [2.05, 4.69) is 44.4 Å². The molecule has 1 aromatic rings. The minimum absolute atomic E-state index is 0. The van der Waals surface area contributed by atoms with Gasteiger partial charge in [0.05, 0.1) is 32.6 Å². The number of quaternary nitrogens is 1. The fourth-order valence-corrected chi connectivity index (χ4v) is 5.48. The number of benzene rings is 1. The number of allylic oxidation sites excluding steroid dienone is 1. The average molecular weight is 481 g/mol. The monoisotopic (exact) mass is 481 g/mol. The van der Waals surface area contributed by atoms with Crippen molar-refractivity contribution in [1.82, 2.24) is 0 Å². The third-order valence-electron chi connectivity index (χ3n) is 7.15. The minimum Gasteiger partial charge on any atom is -1.00 e. The van der Waals surface area contributed by atoms with Gasteiger partial charge in [-0.3, -0.25) is 4.79 Å². The molecule has 148 valence electrons. The van der Waals surface area contributed by atoms with E-state index >= 15 is 0 Å². The van der Waals surface area contributed by atoms with Crippen LogP contribution in [0.2, 0.25) is 0 Å². The van der Waals surface area contributed by atoms with E-state index < -0.39 is 0 Å². The lowest BCUT2D eigenvalue weighted by Crippen LogP contribution is -3.00. The van der Waals surface area contributed by atoms with Gasteiger partial charge in [0.25, 0.3) is 0 Å². The molecule has 0 amide bonds. The van der Waals surface area contributed by atoms with Crippen LogP contribution in [0.3, 0.4) is 0 Å². The molecule has 2 fully saturated rings. The molecule has 2 atom stereocenters. The largest absolute Gasteiger partial charge is 1.00 e. The standard InChI is InChI=1S/C23H32NO2.HI/c1-24(2)19-12-13-20(24)16-21(15-19)26-23(25)14-18-10-6-7-11-22(18)17-8-4-3-5-9-17;/h3-5,8-9,19-21H,6-7,10-16H2,1-2H3;1H/q+1;/p-1. The van der Waals surface area contributed by atoms with Crippen LogP contribution in [0.5, 0.6) is 0 Å². The molecule has 0 saturated carbocycles. The Bertz CT molecular complexity index is 682. The van der Waals surface area contributed by atoms with Gasteiger partial charge in [-0.15, -0.1) is 0 Å². The van der Waals surface area contributed by atoms with E-state index in [9.17, 15) is 4.79 Å². The molecule has 3 nitrogen and oxygen atoms in total. The van der Waals surface area contributed by atoms with Gasteiger partial charge >= 0.3 is 5.97 Å². The van der Waals surface area contributed by atoms with E-state index in [1.165, 1.54) is 42.4 Å². The topological polar surface area (TPSA) is 26.3 Å². The summed E-state index contributed by atoms with van der Waals surface area (Å²) in [4.78, 5) is 12.7.